The minimum Gasteiger partial charge on any atom is -1.00 e. The Hall–Kier alpha value is -3.25. The number of azo groups is 2. The second-order valence-corrected chi connectivity index (χ2v) is 5.85. The average Bonchev–Trinajstić information content (AvgIpc) is 2.81. The van der Waals surface area contributed by atoms with Gasteiger partial charge in [0.05, 0.1) is 14.2 Å². The van der Waals surface area contributed by atoms with Crippen LogP contribution in [0.3, 0.4) is 0 Å². The molecule has 0 amide bonds. The van der Waals surface area contributed by atoms with Crippen LogP contribution in [0.2, 0.25) is 0 Å². The van der Waals surface area contributed by atoms with Crippen molar-refractivity contribution in [1.29, 1.82) is 0 Å². The molecule has 0 bridgehead atoms. The van der Waals surface area contributed by atoms with Crippen LogP contribution in [0, 0.1) is 0 Å². The molecule has 0 fully saturated rings. The Labute approximate surface area is 224 Å². The number of carbonyl (C=O) groups is 2. The molecule has 11 nitrogen and oxygen atoms in total. The molecule has 191 valence electrons. The van der Waals surface area contributed by atoms with Crippen molar-refractivity contribution in [2.45, 2.75) is 0 Å². The van der Waals surface area contributed by atoms with Crippen LogP contribution in [-0.2, 0) is 17.1 Å². The largest absolute Gasteiger partial charge is 2.00 e. The first kappa shape index (κ1) is 36.3. The molecule has 3 rings (SSSR count). The molecule has 0 aliphatic heterocycles. The standard InChI is InChI=1S/C21H17N5O4.2ClH.Cu.2H2O/c1-29-18-8-6-14(12-27)10-16(18)23-25-20-4-3-5-21(22-20)26-24-17-11-15(13-28)7-9-19(17)30-2;;;;;/h3-13H,1-2H3;2*1H;;2*1H2/q;;;+2;;/p-2. The molecule has 0 aliphatic rings. The third-order valence-electron chi connectivity index (χ3n) is 3.92. The van der Waals surface area contributed by atoms with Gasteiger partial charge in [0.2, 0.25) is 0 Å². The van der Waals surface area contributed by atoms with Gasteiger partial charge in [0, 0.05) is 11.1 Å². The van der Waals surface area contributed by atoms with E-state index in [4.69, 9.17) is 9.47 Å². The van der Waals surface area contributed by atoms with E-state index in [1.807, 2.05) is 0 Å². The number of carbonyl (C=O) groups excluding carboxylic acids is 2. The minimum absolute atomic E-state index is 0. The number of halogens is 2. The Morgan fingerprint density at radius 2 is 1.09 bits per heavy atom. The maximum absolute atomic E-state index is 11.0. The quantitative estimate of drug-likeness (QED) is 0.170. The van der Waals surface area contributed by atoms with Gasteiger partial charge in [0.15, 0.2) is 11.6 Å². The van der Waals surface area contributed by atoms with E-state index in [2.05, 4.69) is 25.4 Å². The Morgan fingerprint density at radius 1 is 0.686 bits per heavy atom. The summed E-state index contributed by atoms with van der Waals surface area (Å²) in [5.74, 6) is 1.53. The van der Waals surface area contributed by atoms with Gasteiger partial charge in [-0.3, -0.25) is 9.59 Å². The summed E-state index contributed by atoms with van der Waals surface area (Å²) in [6.07, 6.45) is 1.43. The molecule has 14 heteroatoms. The Morgan fingerprint density at radius 3 is 1.43 bits per heavy atom. The van der Waals surface area contributed by atoms with Gasteiger partial charge in [-0.05, 0) is 48.5 Å². The number of hydrogen-bond acceptors (Lipinski definition) is 9. The number of pyridine rings is 1. The summed E-state index contributed by atoms with van der Waals surface area (Å²) in [7, 11) is 3.00. The van der Waals surface area contributed by atoms with Crippen LogP contribution in [-0.4, -0.2) is 42.7 Å². The van der Waals surface area contributed by atoms with E-state index in [0.717, 1.165) is 0 Å². The third-order valence-corrected chi connectivity index (χ3v) is 3.92. The average molecular weight is 574 g/mol. The molecule has 0 unspecified atom stereocenters. The Kier molecular flexibility index (Phi) is 18.8. The molecular weight excluding hydrogens is 553 g/mol. The van der Waals surface area contributed by atoms with Crippen molar-refractivity contribution in [1.82, 2.24) is 4.98 Å². The Bertz CT molecular complexity index is 1070. The number of benzene rings is 2. The summed E-state index contributed by atoms with van der Waals surface area (Å²) in [5, 5.41) is 16.4. The third kappa shape index (κ3) is 9.87. The number of aldehydes is 2. The van der Waals surface area contributed by atoms with Crippen molar-refractivity contribution in [2.75, 3.05) is 14.2 Å². The van der Waals surface area contributed by atoms with E-state index < -0.39 is 0 Å². The first-order valence-corrected chi connectivity index (χ1v) is 8.74. The topological polar surface area (TPSA) is 178 Å². The predicted molar refractivity (Wildman–Crippen MR) is 117 cm³/mol. The van der Waals surface area contributed by atoms with Crippen molar-refractivity contribution in [3.05, 3.63) is 65.7 Å². The first-order chi connectivity index (χ1) is 14.7. The van der Waals surface area contributed by atoms with Crippen molar-refractivity contribution < 1.29 is 71.9 Å². The van der Waals surface area contributed by atoms with Crippen LogP contribution < -0.4 is 34.3 Å². The summed E-state index contributed by atoms with van der Waals surface area (Å²) in [5.41, 5.74) is 1.69. The van der Waals surface area contributed by atoms with Gasteiger partial charge < -0.3 is 45.2 Å². The maximum atomic E-state index is 11.0. The molecule has 1 radical (unpaired) electrons. The molecule has 0 saturated carbocycles. The number of nitrogens with zero attached hydrogens (tertiary/aromatic N) is 5. The maximum Gasteiger partial charge on any atom is 2.00 e. The van der Waals surface area contributed by atoms with Crippen LogP contribution in [0.15, 0.2) is 75.1 Å². The second-order valence-electron chi connectivity index (χ2n) is 5.85. The van der Waals surface area contributed by atoms with Crippen molar-refractivity contribution >= 4 is 35.6 Å². The Balaban J connectivity index is -0.00000205. The van der Waals surface area contributed by atoms with Crippen molar-refractivity contribution in [3.63, 3.8) is 0 Å². The predicted octanol–water partition coefficient (Wildman–Crippen LogP) is -2.09. The van der Waals surface area contributed by atoms with Gasteiger partial charge in [-0.25, -0.2) is 4.98 Å². The summed E-state index contributed by atoms with van der Waals surface area (Å²) in [6, 6.07) is 14.6. The molecular formula is C21H21Cl2CuN5O6. The number of rotatable bonds is 8. The number of hydrogen-bond donors (Lipinski definition) is 0. The van der Waals surface area contributed by atoms with Crippen molar-refractivity contribution in [2.24, 2.45) is 20.5 Å². The molecule has 3 aromatic rings. The SMILES string of the molecule is COc1ccc(C=O)cc1N=Nc1cccc(N=Nc2cc(C=O)ccc2OC)n1.O.O.[Cl-].[Cl-].[Cu+2]. The smallest absolute Gasteiger partial charge is 1.00 e. The molecule has 1 aromatic heterocycles. The van der Waals surface area contributed by atoms with Gasteiger partial charge >= 0.3 is 17.1 Å². The fourth-order valence-electron chi connectivity index (χ4n) is 2.45. The molecule has 35 heavy (non-hydrogen) atoms. The van der Waals surface area contributed by atoms with E-state index in [9.17, 15) is 9.59 Å². The van der Waals surface area contributed by atoms with E-state index in [-0.39, 0.29) is 52.8 Å². The van der Waals surface area contributed by atoms with Gasteiger partial charge in [0.25, 0.3) is 0 Å². The van der Waals surface area contributed by atoms with Crippen LogP contribution in [0.25, 0.3) is 0 Å². The summed E-state index contributed by atoms with van der Waals surface area (Å²) in [6.45, 7) is 0. The molecule has 0 saturated heterocycles. The molecule has 0 atom stereocenters. The van der Waals surface area contributed by atoms with Crippen molar-refractivity contribution in [3.8, 4) is 11.5 Å². The molecule has 2 aromatic carbocycles. The summed E-state index contributed by atoms with van der Waals surface area (Å²) < 4.78 is 10.4. The van der Waals surface area contributed by atoms with Gasteiger partial charge in [-0.15, -0.1) is 20.5 Å². The van der Waals surface area contributed by atoms with Gasteiger partial charge in [-0.1, -0.05) is 6.07 Å². The molecule has 1 heterocycles. The normalized spacial score (nSPS) is 9.43. The van der Waals surface area contributed by atoms with E-state index >= 15 is 0 Å². The zero-order chi connectivity index (χ0) is 21.3. The van der Waals surface area contributed by atoms with Crippen LogP contribution in [0.5, 0.6) is 11.5 Å². The fraction of sp³-hybridized carbons (Fsp3) is 0.0952. The van der Waals surface area contributed by atoms with E-state index in [0.29, 0.717) is 58.2 Å². The number of aromatic nitrogens is 1. The van der Waals surface area contributed by atoms with Crippen LogP contribution >= 0.6 is 0 Å². The zero-order valence-corrected chi connectivity index (χ0v) is 20.7. The van der Waals surface area contributed by atoms with Gasteiger partial charge in [-0.2, -0.15) is 0 Å². The van der Waals surface area contributed by atoms with E-state index in [1.54, 1.807) is 54.6 Å². The van der Waals surface area contributed by atoms with Crippen LogP contribution in [0.4, 0.5) is 23.0 Å². The summed E-state index contributed by atoms with van der Waals surface area (Å²) in [4.78, 5) is 26.2. The zero-order valence-electron chi connectivity index (χ0n) is 18.3. The molecule has 0 aliphatic carbocycles. The second kappa shape index (κ2) is 18.1. The number of methoxy groups -OCH3 is 2. The van der Waals surface area contributed by atoms with Gasteiger partial charge in [0.1, 0.15) is 35.4 Å². The van der Waals surface area contributed by atoms with Crippen LogP contribution in [0.1, 0.15) is 20.7 Å². The summed E-state index contributed by atoms with van der Waals surface area (Å²) >= 11 is 0. The molecule has 4 N–H and O–H groups in total. The molecule has 0 spiro atoms. The minimum atomic E-state index is 0. The van der Waals surface area contributed by atoms with E-state index in [1.165, 1.54) is 14.2 Å². The fourth-order valence-corrected chi connectivity index (χ4v) is 2.45. The number of ether oxygens (including phenoxy) is 2. The monoisotopic (exact) mass is 572 g/mol. The first-order valence-electron chi connectivity index (χ1n) is 8.74.